The third-order valence-electron chi connectivity index (χ3n) is 1.91. The van der Waals surface area contributed by atoms with Crippen molar-refractivity contribution in [1.29, 1.82) is 0 Å². The third-order valence-corrected chi connectivity index (χ3v) is 1.91. The molecule has 4 N–H and O–H groups in total. The van der Waals surface area contributed by atoms with Crippen LogP contribution < -0.4 is 5.73 Å². The van der Waals surface area contributed by atoms with Crippen LogP contribution in [-0.2, 0) is 4.74 Å². The summed E-state index contributed by atoms with van der Waals surface area (Å²) in [6.07, 6.45) is -0.270. The van der Waals surface area contributed by atoms with Crippen LogP contribution in [0.2, 0.25) is 0 Å². The number of nitrogens with zero attached hydrogens (tertiary/aromatic N) is 1. The van der Waals surface area contributed by atoms with E-state index in [1.165, 1.54) is 0 Å². The normalized spacial score (nSPS) is 23.5. The third kappa shape index (κ3) is 3.16. The van der Waals surface area contributed by atoms with E-state index in [9.17, 15) is 5.11 Å². The van der Waals surface area contributed by atoms with Crippen LogP contribution >= 0.6 is 0 Å². The van der Waals surface area contributed by atoms with Crippen molar-refractivity contribution in [3.63, 3.8) is 0 Å². The van der Waals surface area contributed by atoms with Gasteiger partial charge in [0.15, 0.2) is 0 Å². The van der Waals surface area contributed by atoms with Crippen molar-refractivity contribution < 1.29 is 15.6 Å². The molecule has 4 heteroatoms. The molecule has 0 amide bonds. The molecule has 11 heavy (non-hydrogen) atoms. The summed E-state index contributed by atoms with van der Waals surface area (Å²) in [7, 11) is 0. The number of quaternary nitrogens is 1. The summed E-state index contributed by atoms with van der Waals surface area (Å²) in [6.45, 7) is 4.81. The van der Waals surface area contributed by atoms with Crippen LogP contribution in [0, 0.1) is 0 Å². The van der Waals surface area contributed by atoms with Gasteiger partial charge in [-0.2, -0.15) is 0 Å². The Kier molecular flexibility index (Phi) is 3.79. The van der Waals surface area contributed by atoms with Gasteiger partial charge in [0, 0.05) is 19.6 Å². The van der Waals surface area contributed by atoms with Crippen molar-refractivity contribution in [3.8, 4) is 0 Å². The number of ether oxygens (including phenoxy) is 1. The van der Waals surface area contributed by atoms with E-state index in [-0.39, 0.29) is 6.10 Å². The van der Waals surface area contributed by atoms with Gasteiger partial charge >= 0.3 is 0 Å². The summed E-state index contributed by atoms with van der Waals surface area (Å²) in [5.41, 5.74) is 3.64. The maximum atomic E-state index is 9.27. The van der Waals surface area contributed by atoms with Crippen LogP contribution in [0.15, 0.2) is 0 Å². The number of rotatable bonds is 3. The van der Waals surface area contributed by atoms with Crippen LogP contribution in [0.1, 0.15) is 0 Å². The Morgan fingerprint density at radius 2 is 2.09 bits per heavy atom. The van der Waals surface area contributed by atoms with E-state index in [1.54, 1.807) is 0 Å². The second-order valence-electron chi connectivity index (χ2n) is 2.86. The predicted molar refractivity (Wildman–Crippen MR) is 41.0 cm³/mol. The van der Waals surface area contributed by atoms with Gasteiger partial charge in [0.25, 0.3) is 0 Å². The molecule has 0 aromatic carbocycles. The van der Waals surface area contributed by atoms with Crippen molar-refractivity contribution in [2.75, 3.05) is 39.4 Å². The van der Waals surface area contributed by atoms with Gasteiger partial charge in [-0.1, -0.05) is 0 Å². The molecule has 0 saturated carbocycles. The molecule has 66 valence electrons. The minimum absolute atomic E-state index is 0.270. The minimum atomic E-state index is -0.270. The first-order chi connectivity index (χ1) is 5.33. The van der Waals surface area contributed by atoms with E-state index < -0.39 is 0 Å². The minimum Gasteiger partial charge on any atom is -0.386 e. The van der Waals surface area contributed by atoms with Crippen LogP contribution in [-0.4, -0.2) is 55.5 Å². The highest BCUT2D eigenvalue weighted by atomic mass is 16.5. The summed E-state index contributed by atoms with van der Waals surface area (Å²) in [5.74, 6) is 0. The molecule has 1 fully saturated rings. The van der Waals surface area contributed by atoms with E-state index in [2.05, 4.69) is 10.6 Å². The van der Waals surface area contributed by atoms with E-state index in [1.807, 2.05) is 0 Å². The lowest BCUT2D eigenvalue weighted by molar-refractivity contribution is -0.384. The molecule has 0 unspecified atom stereocenters. The van der Waals surface area contributed by atoms with Crippen LogP contribution in [0.25, 0.3) is 0 Å². The predicted octanol–water partition coefficient (Wildman–Crippen LogP) is -2.08. The Hall–Kier alpha value is -0.160. The fourth-order valence-corrected chi connectivity index (χ4v) is 1.17. The first-order valence-electron chi connectivity index (χ1n) is 4.10. The standard InChI is InChI=1S/C7H16N2O2/c8-5-7(10)6-9-1-3-11-4-2-9/h7,10H,1-6,8H2/p+1/t7-/m0/s1. The lowest BCUT2D eigenvalue weighted by Gasteiger charge is -2.27. The van der Waals surface area contributed by atoms with E-state index in [4.69, 9.17) is 4.74 Å². The average molecular weight is 161 g/mol. The van der Waals surface area contributed by atoms with Gasteiger partial charge in [0.2, 0.25) is 0 Å². The molecular weight excluding hydrogens is 144 g/mol. The van der Waals surface area contributed by atoms with Crippen LogP contribution in [0.3, 0.4) is 0 Å². The second-order valence-corrected chi connectivity index (χ2v) is 2.86. The first kappa shape index (κ1) is 8.93. The topological polar surface area (TPSA) is 60.3 Å². The van der Waals surface area contributed by atoms with E-state index in [0.29, 0.717) is 6.54 Å². The molecule has 1 aliphatic heterocycles. The molecule has 1 saturated heterocycles. The summed E-state index contributed by atoms with van der Waals surface area (Å²) in [6, 6.07) is 0. The number of hydrogen-bond acceptors (Lipinski definition) is 3. The highest BCUT2D eigenvalue weighted by Gasteiger charge is 2.14. The molecule has 0 radical (unpaired) electrons. The van der Waals surface area contributed by atoms with Gasteiger partial charge in [0.05, 0.1) is 13.2 Å². The van der Waals surface area contributed by atoms with Gasteiger partial charge in [0.1, 0.15) is 12.6 Å². The summed E-state index contributed by atoms with van der Waals surface area (Å²) in [4.78, 5) is 2.21. The number of hydrogen-bond donors (Lipinski definition) is 2. The molecule has 0 aromatic heterocycles. The van der Waals surface area contributed by atoms with Crippen molar-refractivity contribution in [2.24, 2.45) is 0 Å². The summed E-state index contributed by atoms with van der Waals surface area (Å²) < 4.78 is 5.18. The SMILES string of the molecule is [NH3+]C[C@H](O)CN1CCOCC1. The Balaban J connectivity index is 2.13. The van der Waals surface area contributed by atoms with Crippen molar-refractivity contribution in [1.82, 2.24) is 4.90 Å². The number of morpholine rings is 1. The fraction of sp³-hybridized carbons (Fsp3) is 1.00. The molecule has 1 aliphatic rings. The highest BCUT2D eigenvalue weighted by molar-refractivity contribution is 4.65. The van der Waals surface area contributed by atoms with Gasteiger partial charge in [-0.25, -0.2) is 0 Å². The van der Waals surface area contributed by atoms with E-state index >= 15 is 0 Å². The maximum Gasteiger partial charge on any atom is 0.115 e. The lowest BCUT2D eigenvalue weighted by atomic mass is 10.3. The highest BCUT2D eigenvalue weighted by Crippen LogP contribution is 1.97. The number of aliphatic hydroxyl groups excluding tert-OH is 1. The van der Waals surface area contributed by atoms with Crippen molar-refractivity contribution in [2.45, 2.75) is 6.10 Å². The largest absolute Gasteiger partial charge is 0.386 e. The zero-order valence-corrected chi connectivity index (χ0v) is 6.83. The molecule has 1 rings (SSSR count). The van der Waals surface area contributed by atoms with Gasteiger partial charge < -0.3 is 15.6 Å². The van der Waals surface area contributed by atoms with Gasteiger partial charge in [-0.15, -0.1) is 0 Å². The molecule has 0 aromatic rings. The monoisotopic (exact) mass is 161 g/mol. The fourth-order valence-electron chi connectivity index (χ4n) is 1.17. The molecule has 0 spiro atoms. The molecule has 4 nitrogen and oxygen atoms in total. The molecular formula is C7H17N2O2+. The van der Waals surface area contributed by atoms with Crippen LogP contribution in [0.5, 0.6) is 0 Å². The second kappa shape index (κ2) is 4.66. The Morgan fingerprint density at radius 1 is 1.45 bits per heavy atom. The molecule has 1 atom stereocenters. The van der Waals surface area contributed by atoms with Crippen molar-refractivity contribution in [3.05, 3.63) is 0 Å². The summed E-state index contributed by atoms with van der Waals surface area (Å²) in [5, 5.41) is 9.27. The number of β-amino-alcohol motifs (C(OH)–C–C–N with tert-alkyl or cyclic N) is 1. The average Bonchev–Trinajstić information content (AvgIpc) is 2.06. The molecule has 0 bridgehead atoms. The summed E-state index contributed by atoms with van der Waals surface area (Å²) >= 11 is 0. The maximum absolute atomic E-state index is 9.27. The zero-order valence-electron chi connectivity index (χ0n) is 6.83. The zero-order chi connectivity index (χ0) is 8.10. The quantitative estimate of drug-likeness (QED) is 0.499. The molecule has 1 heterocycles. The van der Waals surface area contributed by atoms with Gasteiger partial charge in [-0.3, -0.25) is 4.90 Å². The van der Waals surface area contributed by atoms with Crippen molar-refractivity contribution >= 4 is 0 Å². The smallest absolute Gasteiger partial charge is 0.115 e. The van der Waals surface area contributed by atoms with Crippen LogP contribution in [0.4, 0.5) is 0 Å². The van der Waals surface area contributed by atoms with Gasteiger partial charge in [-0.05, 0) is 0 Å². The Bertz CT molecular complexity index is 105. The first-order valence-corrected chi connectivity index (χ1v) is 4.10. The lowest BCUT2D eigenvalue weighted by Crippen LogP contribution is -2.58. The number of aliphatic hydroxyl groups is 1. The Morgan fingerprint density at radius 3 is 2.64 bits per heavy atom. The Labute approximate surface area is 66.9 Å². The molecule has 0 aliphatic carbocycles. The van der Waals surface area contributed by atoms with E-state index in [0.717, 1.165) is 32.8 Å².